The first-order chi connectivity index (χ1) is 3.80. The van der Waals surface area contributed by atoms with Gasteiger partial charge in [-0.15, -0.1) is 12.6 Å². The van der Waals surface area contributed by atoms with Crippen molar-refractivity contribution in [1.82, 2.24) is 0 Å². The zero-order valence-corrected chi connectivity index (χ0v) is 5.23. The lowest BCUT2D eigenvalue weighted by Crippen LogP contribution is -2.01. The summed E-state index contributed by atoms with van der Waals surface area (Å²) in [5.74, 6) is 0. The van der Waals surface area contributed by atoms with E-state index in [9.17, 15) is 0 Å². The molecule has 2 radical (unpaired) electrons. The second-order valence-corrected chi connectivity index (χ2v) is 2.04. The zero-order valence-electron chi connectivity index (χ0n) is 4.33. The zero-order chi connectivity index (χ0) is 5.98. The van der Waals surface area contributed by atoms with Gasteiger partial charge in [-0.1, -0.05) is 23.7 Å². The van der Waals surface area contributed by atoms with Gasteiger partial charge in [0.2, 0.25) is 0 Å². The van der Waals surface area contributed by atoms with E-state index in [4.69, 9.17) is 7.85 Å². The third-order valence-electron chi connectivity index (χ3n) is 0.937. The minimum Gasteiger partial charge on any atom is -0.144 e. The first-order valence-corrected chi connectivity index (χ1v) is 2.79. The smallest absolute Gasteiger partial charge is 0.115 e. The number of hydrogen-bond acceptors (Lipinski definition) is 1. The highest BCUT2D eigenvalue weighted by atomic mass is 32.1. The molecule has 0 aromatic heterocycles. The van der Waals surface area contributed by atoms with Gasteiger partial charge in [-0.25, -0.2) is 0 Å². The molecule has 0 aliphatic heterocycles. The molecule has 38 valence electrons. The minimum absolute atomic E-state index is 0.732. The normalized spacial score (nSPS) is 9.12. The van der Waals surface area contributed by atoms with Crippen molar-refractivity contribution < 1.29 is 0 Å². The van der Waals surface area contributed by atoms with Crippen LogP contribution in [0.5, 0.6) is 0 Å². The molecule has 1 aromatic carbocycles. The molecule has 0 atom stereocenters. The second kappa shape index (κ2) is 2.27. The molecule has 0 spiro atoms. The Hall–Kier alpha value is -0.365. The summed E-state index contributed by atoms with van der Waals surface area (Å²) in [5, 5.41) is 0. The molecule has 0 unspecified atom stereocenters. The third kappa shape index (κ3) is 1.07. The van der Waals surface area contributed by atoms with Crippen molar-refractivity contribution in [3.05, 3.63) is 24.3 Å². The summed E-state index contributed by atoms with van der Waals surface area (Å²) in [6.45, 7) is 0. The van der Waals surface area contributed by atoms with Crippen LogP contribution in [-0.2, 0) is 0 Å². The summed E-state index contributed by atoms with van der Waals surface area (Å²) in [6.07, 6.45) is 0. The SMILES string of the molecule is [B]c1ccccc1S. The summed E-state index contributed by atoms with van der Waals surface area (Å²) in [4.78, 5) is 0.840. The van der Waals surface area contributed by atoms with Gasteiger partial charge in [-0.3, -0.25) is 0 Å². The minimum atomic E-state index is 0.732. The van der Waals surface area contributed by atoms with Gasteiger partial charge in [0.05, 0.1) is 0 Å². The fourth-order valence-electron chi connectivity index (χ4n) is 0.488. The standard InChI is InChI=1S/C6H5BS/c7-5-3-1-2-4-6(5)8/h1-4,8H. The number of thiol groups is 1. The average molecular weight is 120 g/mol. The van der Waals surface area contributed by atoms with E-state index in [0.29, 0.717) is 0 Å². The molecule has 0 N–H and O–H groups in total. The molecule has 2 heteroatoms. The highest BCUT2D eigenvalue weighted by Gasteiger charge is 1.84. The van der Waals surface area contributed by atoms with E-state index < -0.39 is 0 Å². The van der Waals surface area contributed by atoms with Gasteiger partial charge in [-0.05, 0) is 11.0 Å². The molecule has 0 nitrogen and oxygen atoms in total. The number of rotatable bonds is 0. The summed E-state index contributed by atoms with van der Waals surface area (Å²) in [7, 11) is 5.44. The Morgan fingerprint density at radius 1 is 1.25 bits per heavy atom. The van der Waals surface area contributed by atoms with Crippen LogP contribution in [0.2, 0.25) is 0 Å². The van der Waals surface area contributed by atoms with Crippen molar-refractivity contribution in [2.45, 2.75) is 4.90 Å². The third-order valence-corrected chi connectivity index (χ3v) is 1.34. The van der Waals surface area contributed by atoms with E-state index in [0.717, 1.165) is 10.4 Å². The van der Waals surface area contributed by atoms with Gasteiger partial charge in [0.15, 0.2) is 0 Å². The van der Waals surface area contributed by atoms with Crippen molar-refractivity contribution >= 4 is 25.9 Å². The largest absolute Gasteiger partial charge is 0.144 e. The molecule has 0 aliphatic rings. The summed E-state index contributed by atoms with van der Waals surface area (Å²) >= 11 is 4.07. The topological polar surface area (TPSA) is 0 Å². The molecule has 8 heavy (non-hydrogen) atoms. The maximum atomic E-state index is 5.44. The molecule has 0 saturated carbocycles. The Kier molecular flexibility index (Phi) is 1.64. The first-order valence-electron chi connectivity index (χ1n) is 2.34. The molecule has 0 amide bonds. The van der Waals surface area contributed by atoms with Gasteiger partial charge in [-0.2, -0.15) is 0 Å². The fourth-order valence-corrected chi connectivity index (χ4v) is 0.648. The lowest BCUT2D eigenvalue weighted by Gasteiger charge is -1.93. The maximum Gasteiger partial charge on any atom is 0.115 e. The van der Waals surface area contributed by atoms with E-state index in [1.165, 1.54) is 0 Å². The molecule has 0 fully saturated rings. The average Bonchev–Trinajstić information content (AvgIpc) is 1.77. The van der Waals surface area contributed by atoms with E-state index in [-0.39, 0.29) is 0 Å². The first kappa shape index (κ1) is 5.77. The van der Waals surface area contributed by atoms with Gasteiger partial charge in [0, 0.05) is 0 Å². The number of benzene rings is 1. The van der Waals surface area contributed by atoms with Crippen molar-refractivity contribution in [3.63, 3.8) is 0 Å². The lowest BCUT2D eigenvalue weighted by atomic mass is 9.97. The van der Waals surface area contributed by atoms with E-state index in [1.807, 2.05) is 24.3 Å². The quantitative estimate of drug-likeness (QED) is 0.379. The maximum absolute atomic E-state index is 5.44. The van der Waals surface area contributed by atoms with Crippen LogP contribution >= 0.6 is 12.6 Å². The number of hydrogen-bond donors (Lipinski definition) is 1. The van der Waals surface area contributed by atoms with E-state index in [2.05, 4.69) is 12.6 Å². The molecule has 1 aromatic rings. The molecular formula is C6H5BS. The van der Waals surface area contributed by atoms with E-state index in [1.54, 1.807) is 0 Å². The van der Waals surface area contributed by atoms with Crippen LogP contribution in [0.15, 0.2) is 29.2 Å². The van der Waals surface area contributed by atoms with Crippen LogP contribution in [0.3, 0.4) is 0 Å². The Bertz CT molecular complexity index is 165. The monoisotopic (exact) mass is 120 g/mol. The predicted octanol–water partition coefficient (Wildman–Crippen LogP) is 0.769. The van der Waals surface area contributed by atoms with Crippen LogP contribution < -0.4 is 5.46 Å². The van der Waals surface area contributed by atoms with Gasteiger partial charge < -0.3 is 0 Å². The van der Waals surface area contributed by atoms with Crippen molar-refractivity contribution in [3.8, 4) is 0 Å². The molecule has 0 heterocycles. The molecule has 0 saturated heterocycles. The van der Waals surface area contributed by atoms with Crippen LogP contribution in [0.4, 0.5) is 0 Å². The Morgan fingerprint density at radius 2 is 1.88 bits per heavy atom. The summed E-state index contributed by atoms with van der Waals surface area (Å²) in [6, 6.07) is 7.47. The van der Waals surface area contributed by atoms with Crippen molar-refractivity contribution in [2.75, 3.05) is 0 Å². The van der Waals surface area contributed by atoms with Crippen molar-refractivity contribution in [1.29, 1.82) is 0 Å². The highest BCUT2D eigenvalue weighted by molar-refractivity contribution is 7.80. The molecule has 1 rings (SSSR count). The van der Waals surface area contributed by atoms with E-state index >= 15 is 0 Å². The second-order valence-electron chi connectivity index (χ2n) is 1.56. The Morgan fingerprint density at radius 3 is 2.25 bits per heavy atom. The Labute approximate surface area is 55.7 Å². The molecular weight excluding hydrogens is 115 g/mol. The van der Waals surface area contributed by atoms with Crippen LogP contribution in [0, 0.1) is 0 Å². The van der Waals surface area contributed by atoms with Crippen LogP contribution in [0.1, 0.15) is 0 Å². The molecule has 0 bridgehead atoms. The van der Waals surface area contributed by atoms with Gasteiger partial charge in [0.1, 0.15) is 7.85 Å². The van der Waals surface area contributed by atoms with Gasteiger partial charge in [0.25, 0.3) is 0 Å². The molecule has 0 aliphatic carbocycles. The van der Waals surface area contributed by atoms with Crippen molar-refractivity contribution in [2.24, 2.45) is 0 Å². The van der Waals surface area contributed by atoms with Crippen LogP contribution in [0.25, 0.3) is 0 Å². The lowest BCUT2D eigenvalue weighted by molar-refractivity contribution is 1.54. The fraction of sp³-hybridized carbons (Fsp3) is 0. The highest BCUT2D eigenvalue weighted by Crippen LogP contribution is 1.97. The predicted molar refractivity (Wildman–Crippen MR) is 39.1 cm³/mol. The van der Waals surface area contributed by atoms with Gasteiger partial charge >= 0.3 is 0 Å². The summed E-state index contributed by atoms with van der Waals surface area (Å²) < 4.78 is 0. The Balaban J connectivity index is 3.13. The van der Waals surface area contributed by atoms with Crippen LogP contribution in [-0.4, -0.2) is 7.85 Å². The summed E-state index contributed by atoms with van der Waals surface area (Å²) in [5.41, 5.74) is 0.732.